The topological polar surface area (TPSA) is 78.5 Å². The summed E-state index contributed by atoms with van der Waals surface area (Å²) in [6.45, 7) is 2.01. The zero-order valence-electron chi connectivity index (χ0n) is 16.8. The summed E-state index contributed by atoms with van der Waals surface area (Å²) in [4.78, 5) is 20.8. The van der Waals surface area contributed by atoms with Crippen LogP contribution >= 0.6 is 0 Å². The Morgan fingerprint density at radius 2 is 1.68 bits per heavy atom. The first-order valence-electron chi connectivity index (χ1n) is 9.77. The van der Waals surface area contributed by atoms with E-state index in [9.17, 15) is 4.79 Å². The summed E-state index contributed by atoms with van der Waals surface area (Å²) in [5, 5.41) is 9.04. The summed E-state index contributed by atoms with van der Waals surface area (Å²) >= 11 is 0. The van der Waals surface area contributed by atoms with Gasteiger partial charge in [-0.1, -0.05) is 24.3 Å². The molecule has 0 aliphatic heterocycles. The Labute approximate surface area is 178 Å². The van der Waals surface area contributed by atoms with Crippen LogP contribution in [0.4, 0.5) is 0 Å². The van der Waals surface area contributed by atoms with Gasteiger partial charge in [-0.2, -0.15) is 10.2 Å². The summed E-state index contributed by atoms with van der Waals surface area (Å²) < 4.78 is 3.44. The molecule has 150 valence electrons. The molecule has 7 nitrogen and oxygen atoms in total. The van der Waals surface area contributed by atoms with Crippen molar-refractivity contribution in [2.75, 3.05) is 0 Å². The van der Waals surface area contributed by atoms with Gasteiger partial charge < -0.3 is 0 Å². The van der Waals surface area contributed by atoms with Crippen LogP contribution in [0, 0.1) is 6.92 Å². The fourth-order valence-electron chi connectivity index (χ4n) is 3.52. The number of aromatic nitrogens is 6. The highest BCUT2D eigenvalue weighted by molar-refractivity contribution is 5.65. The normalized spacial score (nSPS) is 10.9. The Morgan fingerprint density at radius 3 is 2.45 bits per heavy atom. The van der Waals surface area contributed by atoms with E-state index >= 15 is 0 Å². The molecule has 3 heterocycles. The third kappa shape index (κ3) is 3.53. The van der Waals surface area contributed by atoms with Gasteiger partial charge in [0, 0.05) is 30.2 Å². The van der Waals surface area contributed by atoms with Gasteiger partial charge >= 0.3 is 0 Å². The van der Waals surface area contributed by atoms with Gasteiger partial charge in [0.1, 0.15) is 6.33 Å². The monoisotopic (exact) mass is 406 g/mol. The quantitative estimate of drug-likeness (QED) is 0.453. The minimum absolute atomic E-state index is 0.162. The Balaban J connectivity index is 1.58. The molecule has 0 bridgehead atoms. The minimum Gasteiger partial charge on any atom is -0.287 e. The average molecular weight is 406 g/mol. The maximum Gasteiger partial charge on any atom is 0.209 e. The van der Waals surface area contributed by atoms with Crippen LogP contribution < -0.4 is 5.43 Å². The van der Waals surface area contributed by atoms with Crippen LogP contribution in [0.1, 0.15) is 5.56 Å². The maximum atomic E-state index is 12.7. The molecule has 3 aromatic heterocycles. The van der Waals surface area contributed by atoms with E-state index in [0.29, 0.717) is 11.4 Å². The van der Waals surface area contributed by atoms with E-state index in [2.05, 4.69) is 26.2 Å². The average Bonchev–Trinajstić information content (AvgIpc) is 3.30. The van der Waals surface area contributed by atoms with Crippen molar-refractivity contribution in [1.29, 1.82) is 0 Å². The summed E-state index contributed by atoms with van der Waals surface area (Å²) in [7, 11) is 0. The van der Waals surface area contributed by atoms with Gasteiger partial charge in [0.15, 0.2) is 5.69 Å². The van der Waals surface area contributed by atoms with Crippen LogP contribution in [-0.4, -0.2) is 29.5 Å². The zero-order chi connectivity index (χ0) is 21.2. The van der Waals surface area contributed by atoms with Gasteiger partial charge in [0.2, 0.25) is 5.43 Å². The van der Waals surface area contributed by atoms with E-state index < -0.39 is 0 Å². The molecule has 0 unspecified atom stereocenters. The second kappa shape index (κ2) is 7.79. The number of nitrogens with zero attached hydrogens (tertiary/aromatic N) is 6. The van der Waals surface area contributed by atoms with Crippen LogP contribution in [0.15, 0.2) is 96.6 Å². The van der Waals surface area contributed by atoms with Crippen molar-refractivity contribution in [3.63, 3.8) is 0 Å². The molecule has 31 heavy (non-hydrogen) atoms. The van der Waals surface area contributed by atoms with Gasteiger partial charge in [0.05, 0.1) is 23.3 Å². The predicted molar refractivity (Wildman–Crippen MR) is 118 cm³/mol. The molecule has 0 fully saturated rings. The SMILES string of the molecule is Cc1cc(-c2cncnc2)ccc1-n1ccc(=O)c(-c2ccnn2-c2ccccc2)n1. The van der Waals surface area contributed by atoms with Gasteiger partial charge in [-0.3, -0.25) is 4.79 Å². The molecule has 0 spiro atoms. The van der Waals surface area contributed by atoms with Crippen LogP contribution in [0.5, 0.6) is 0 Å². The standard InChI is InChI=1S/C24H18N6O/c1-17-13-18(19-14-25-16-26-15-19)7-8-21(17)29-12-10-23(31)24(28-29)22-9-11-27-30(22)20-5-3-2-4-6-20/h2-16H,1H3. The first-order chi connectivity index (χ1) is 15.2. The largest absolute Gasteiger partial charge is 0.287 e. The van der Waals surface area contributed by atoms with Gasteiger partial charge in [-0.05, 0) is 48.4 Å². The van der Waals surface area contributed by atoms with E-state index in [4.69, 9.17) is 0 Å². The lowest BCUT2D eigenvalue weighted by atomic mass is 10.1. The fraction of sp³-hybridized carbons (Fsp3) is 0.0417. The van der Waals surface area contributed by atoms with E-state index in [1.807, 2.05) is 49.4 Å². The molecule has 0 N–H and O–H groups in total. The minimum atomic E-state index is -0.162. The molecular weight excluding hydrogens is 388 g/mol. The van der Waals surface area contributed by atoms with Crippen molar-refractivity contribution in [2.24, 2.45) is 0 Å². The van der Waals surface area contributed by atoms with Gasteiger partial charge in [-0.15, -0.1) is 0 Å². The zero-order valence-corrected chi connectivity index (χ0v) is 16.8. The Kier molecular flexibility index (Phi) is 4.68. The Hall–Kier alpha value is -4.39. The van der Waals surface area contributed by atoms with E-state index in [1.165, 1.54) is 12.4 Å². The van der Waals surface area contributed by atoms with Gasteiger partial charge in [0.25, 0.3) is 0 Å². The lowest BCUT2D eigenvalue weighted by Gasteiger charge is -2.12. The number of aryl methyl sites for hydroxylation is 1. The molecular formula is C24H18N6O. The molecule has 0 amide bonds. The molecule has 0 aliphatic rings. The predicted octanol–water partition coefficient (Wildman–Crippen LogP) is 3.85. The molecule has 0 aliphatic carbocycles. The smallest absolute Gasteiger partial charge is 0.209 e. The van der Waals surface area contributed by atoms with E-state index in [-0.39, 0.29) is 5.43 Å². The fourth-order valence-corrected chi connectivity index (χ4v) is 3.52. The summed E-state index contributed by atoms with van der Waals surface area (Å²) in [5.74, 6) is 0. The molecule has 7 heteroatoms. The Morgan fingerprint density at radius 1 is 0.871 bits per heavy atom. The highest BCUT2D eigenvalue weighted by atomic mass is 16.1. The van der Waals surface area contributed by atoms with Crippen LogP contribution in [0.3, 0.4) is 0 Å². The second-order valence-electron chi connectivity index (χ2n) is 7.07. The number of hydrogen-bond acceptors (Lipinski definition) is 5. The molecule has 5 rings (SSSR count). The van der Waals surface area contributed by atoms with Crippen LogP contribution in [0.2, 0.25) is 0 Å². The lowest BCUT2D eigenvalue weighted by molar-refractivity contribution is 0.818. The molecule has 5 aromatic rings. The van der Waals surface area contributed by atoms with Crippen molar-refractivity contribution in [2.45, 2.75) is 6.92 Å². The molecule has 0 saturated carbocycles. The van der Waals surface area contributed by atoms with Crippen molar-refractivity contribution < 1.29 is 0 Å². The molecule has 2 aromatic carbocycles. The summed E-state index contributed by atoms with van der Waals surface area (Å²) in [6, 6.07) is 19.0. The van der Waals surface area contributed by atoms with E-state index in [0.717, 1.165) is 28.1 Å². The molecule has 0 radical (unpaired) electrons. The summed E-state index contributed by atoms with van der Waals surface area (Å²) in [6.07, 6.45) is 8.42. The number of benzene rings is 2. The highest BCUT2D eigenvalue weighted by Crippen LogP contribution is 2.23. The van der Waals surface area contributed by atoms with Crippen LogP contribution in [-0.2, 0) is 0 Å². The molecule has 0 atom stereocenters. The maximum absolute atomic E-state index is 12.7. The van der Waals surface area contributed by atoms with Crippen molar-refractivity contribution >= 4 is 0 Å². The van der Waals surface area contributed by atoms with E-state index in [1.54, 1.807) is 40.2 Å². The first-order valence-corrected chi connectivity index (χ1v) is 9.77. The third-order valence-electron chi connectivity index (χ3n) is 5.03. The second-order valence-corrected chi connectivity index (χ2v) is 7.07. The van der Waals surface area contributed by atoms with Crippen molar-refractivity contribution in [3.8, 4) is 33.9 Å². The van der Waals surface area contributed by atoms with Crippen molar-refractivity contribution in [1.82, 2.24) is 29.5 Å². The highest BCUT2D eigenvalue weighted by Gasteiger charge is 2.14. The summed E-state index contributed by atoms with van der Waals surface area (Å²) in [5.41, 5.74) is 5.54. The Bertz CT molecular complexity index is 1410. The van der Waals surface area contributed by atoms with Gasteiger partial charge in [-0.25, -0.2) is 19.3 Å². The number of rotatable bonds is 4. The lowest BCUT2D eigenvalue weighted by Crippen LogP contribution is -2.15. The number of hydrogen-bond donors (Lipinski definition) is 0. The van der Waals surface area contributed by atoms with Crippen LogP contribution in [0.25, 0.3) is 33.9 Å². The third-order valence-corrected chi connectivity index (χ3v) is 5.03. The molecule has 0 saturated heterocycles. The number of para-hydroxylation sites is 1. The first kappa shape index (κ1) is 18.6. The van der Waals surface area contributed by atoms with Crippen molar-refractivity contribution in [3.05, 3.63) is 108 Å².